The van der Waals surface area contributed by atoms with Gasteiger partial charge in [-0.05, 0) is 38.7 Å². The number of allylic oxidation sites excluding steroid dienone is 1. The average molecular weight is 825 g/mol. The summed E-state index contributed by atoms with van der Waals surface area (Å²) in [7, 11) is 1.18. The molecule has 17 heteroatoms. The SMILES string of the molecule is C/C=C1/C[C@H]2C[C@@]3(O)O[C@H](C[C@@H](O)CC(=O)O[C@@H]([C@@H](C)O)C[C@@H]4C/C(=C\C(=O)OC)[C@H](OC(C)=O)[C@@](O)(O4)C(C)(C)/C=C/[C@@H](C1)O2)C[C@H](OC(C)=O)C3(C)C.O=C=O. The van der Waals surface area contributed by atoms with Gasteiger partial charge < -0.3 is 53.6 Å². The topological polar surface area (TPSA) is 248 Å². The summed E-state index contributed by atoms with van der Waals surface area (Å²) in [5.41, 5.74) is -1.30. The van der Waals surface area contributed by atoms with Crippen LogP contribution in [0.25, 0.3) is 0 Å². The van der Waals surface area contributed by atoms with Crippen LogP contribution in [-0.4, -0.2) is 124 Å². The number of hydrogen-bond acceptors (Lipinski definition) is 17. The molecule has 4 aliphatic heterocycles. The molecule has 0 aliphatic carbocycles. The number of carbonyl (C=O) groups excluding carboxylic acids is 6. The first-order chi connectivity index (χ1) is 26.9. The van der Waals surface area contributed by atoms with Gasteiger partial charge in [-0.1, -0.05) is 51.5 Å². The Labute approximate surface area is 338 Å². The molecular formula is C41H60O17. The fraction of sp³-hybridized carbons (Fsp3) is 0.732. The number of aliphatic hydroxyl groups excluding tert-OH is 2. The number of aliphatic hydroxyl groups is 4. The summed E-state index contributed by atoms with van der Waals surface area (Å²) in [4.78, 5) is 66.8. The summed E-state index contributed by atoms with van der Waals surface area (Å²) in [6.45, 7) is 12.5. The van der Waals surface area contributed by atoms with E-state index in [4.69, 9.17) is 42.7 Å². The zero-order valence-corrected chi connectivity index (χ0v) is 34.8. The van der Waals surface area contributed by atoms with E-state index in [9.17, 15) is 39.6 Å². The van der Waals surface area contributed by atoms with Gasteiger partial charge in [0, 0.05) is 51.0 Å². The van der Waals surface area contributed by atoms with Crippen molar-refractivity contribution >= 4 is 30.0 Å². The van der Waals surface area contributed by atoms with E-state index in [0.29, 0.717) is 12.8 Å². The van der Waals surface area contributed by atoms with Crippen molar-refractivity contribution in [2.45, 2.75) is 173 Å². The number of esters is 4. The molecule has 326 valence electrons. The second kappa shape index (κ2) is 20.0. The van der Waals surface area contributed by atoms with E-state index in [2.05, 4.69) is 0 Å². The molecular weight excluding hydrogens is 764 g/mol. The molecule has 4 heterocycles. The van der Waals surface area contributed by atoms with Crippen LogP contribution in [0.3, 0.4) is 0 Å². The molecule has 0 aromatic rings. The van der Waals surface area contributed by atoms with E-state index in [1.165, 1.54) is 21.0 Å². The molecule has 0 aromatic heterocycles. The van der Waals surface area contributed by atoms with Gasteiger partial charge in [0.05, 0.1) is 55.6 Å². The van der Waals surface area contributed by atoms with Crippen molar-refractivity contribution in [3.8, 4) is 0 Å². The van der Waals surface area contributed by atoms with E-state index < -0.39 is 108 Å². The molecule has 3 saturated heterocycles. The van der Waals surface area contributed by atoms with Gasteiger partial charge in [-0.15, -0.1) is 0 Å². The lowest BCUT2D eigenvalue weighted by Crippen LogP contribution is -2.62. The third kappa shape index (κ3) is 11.9. The Morgan fingerprint density at radius 3 is 2.14 bits per heavy atom. The quantitative estimate of drug-likeness (QED) is 0.138. The van der Waals surface area contributed by atoms with Crippen LogP contribution in [0, 0.1) is 10.8 Å². The van der Waals surface area contributed by atoms with Gasteiger partial charge in [-0.2, -0.15) is 9.59 Å². The smallest absolute Gasteiger partial charge is 0.373 e. The van der Waals surface area contributed by atoms with E-state index in [-0.39, 0.29) is 43.8 Å². The van der Waals surface area contributed by atoms with Crippen molar-refractivity contribution in [1.82, 2.24) is 0 Å². The van der Waals surface area contributed by atoms with E-state index in [0.717, 1.165) is 18.6 Å². The second-order valence-corrected chi connectivity index (χ2v) is 16.6. The van der Waals surface area contributed by atoms with Gasteiger partial charge in [0.2, 0.25) is 5.79 Å². The molecule has 6 bridgehead atoms. The van der Waals surface area contributed by atoms with Crippen molar-refractivity contribution in [1.29, 1.82) is 0 Å². The molecule has 0 radical (unpaired) electrons. The fourth-order valence-corrected chi connectivity index (χ4v) is 8.00. The Hall–Kier alpha value is -3.80. The largest absolute Gasteiger partial charge is 0.466 e. The van der Waals surface area contributed by atoms with Gasteiger partial charge >= 0.3 is 30.0 Å². The summed E-state index contributed by atoms with van der Waals surface area (Å²) < 4.78 is 41.2. The van der Waals surface area contributed by atoms with Crippen LogP contribution < -0.4 is 0 Å². The van der Waals surface area contributed by atoms with Gasteiger partial charge in [0.15, 0.2) is 11.9 Å². The summed E-state index contributed by atoms with van der Waals surface area (Å²) in [5, 5.41) is 46.8. The van der Waals surface area contributed by atoms with E-state index in [1.54, 1.807) is 39.8 Å². The predicted molar refractivity (Wildman–Crippen MR) is 199 cm³/mol. The van der Waals surface area contributed by atoms with Crippen molar-refractivity contribution in [3.63, 3.8) is 0 Å². The van der Waals surface area contributed by atoms with Crippen LogP contribution in [0.4, 0.5) is 0 Å². The monoisotopic (exact) mass is 824 g/mol. The van der Waals surface area contributed by atoms with Gasteiger partial charge in [0.1, 0.15) is 12.2 Å². The first kappa shape index (κ1) is 48.6. The molecule has 0 saturated carbocycles. The summed E-state index contributed by atoms with van der Waals surface area (Å²) >= 11 is 0. The number of fused-ring (bicyclic) bond motifs is 6. The van der Waals surface area contributed by atoms with E-state index in [1.807, 2.05) is 13.0 Å². The Morgan fingerprint density at radius 1 is 0.931 bits per heavy atom. The van der Waals surface area contributed by atoms with Crippen LogP contribution in [0.5, 0.6) is 0 Å². The van der Waals surface area contributed by atoms with Gasteiger partial charge in [0.25, 0.3) is 0 Å². The lowest BCUT2D eigenvalue weighted by molar-refractivity contribution is -0.348. The average Bonchev–Trinajstić information content (AvgIpc) is 3.10. The maximum Gasteiger partial charge on any atom is 0.373 e. The number of cyclic esters (lactones) is 1. The normalized spacial score (nSPS) is 37.6. The third-order valence-electron chi connectivity index (χ3n) is 11.4. The van der Waals surface area contributed by atoms with Crippen molar-refractivity contribution < 1.29 is 82.4 Å². The summed E-state index contributed by atoms with van der Waals surface area (Å²) in [5.74, 6) is -7.16. The molecule has 58 heavy (non-hydrogen) atoms. The van der Waals surface area contributed by atoms with Crippen LogP contribution in [0.2, 0.25) is 0 Å². The first-order valence-electron chi connectivity index (χ1n) is 19.4. The Morgan fingerprint density at radius 2 is 1.57 bits per heavy atom. The minimum atomic E-state index is -2.32. The lowest BCUT2D eigenvalue weighted by Gasteiger charge is -2.53. The zero-order valence-electron chi connectivity index (χ0n) is 34.8. The molecule has 0 spiro atoms. The highest BCUT2D eigenvalue weighted by atomic mass is 16.7. The number of hydrogen-bond donors (Lipinski definition) is 4. The van der Waals surface area contributed by atoms with Crippen molar-refractivity contribution in [3.05, 3.63) is 35.5 Å². The molecule has 4 aliphatic rings. The molecule has 4 N–H and O–H groups in total. The Kier molecular flexibility index (Phi) is 16.7. The van der Waals surface area contributed by atoms with Crippen LogP contribution in [-0.2, 0) is 61.9 Å². The summed E-state index contributed by atoms with van der Waals surface area (Å²) in [6.07, 6.45) is -2.05. The maximum atomic E-state index is 13.3. The highest BCUT2D eigenvalue weighted by Gasteiger charge is 2.59. The maximum absolute atomic E-state index is 13.3. The van der Waals surface area contributed by atoms with Crippen molar-refractivity contribution in [2.75, 3.05) is 7.11 Å². The number of methoxy groups -OCH3 is 1. The van der Waals surface area contributed by atoms with Crippen LogP contribution >= 0.6 is 0 Å². The lowest BCUT2D eigenvalue weighted by atomic mass is 9.70. The number of carbonyl (C=O) groups is 4. The van der Waals surface area contributed by atoms with Crippen LogP contribution in [0.1, 0.15) is 107 Å². The molecule has 17 nitrogen and oxygen atoms in total. The highest BCUT2D eigenvalue weighted by molar-refractivity contribution is 5.83. The zero-order chi connectivity index (χ0) is 43.8. The van der Waals surface area contributed by atoms with Crippen molar-refractivity contribution in [2.24, 2.45) is 10.8 Å². The first-order valence-corrected chi connectivity index (χ1v) is 19.4. The standard InChI is InChI=1S/C40H60O15.CO2/c1-10-25-13-28-11-12-37(5,6)40(48)36(51-24(4)43)26(16-34(45)49-9)15-29(55-40)19-32(22(2)41)53-35(46)18-27(44)17-30-20-33(50-23(3)42)38(7,8)39(47,54-30)21-31(14-25)52-28;2-1-3/h10-12,16,22,27-33,36,41,44,47-48H,13-15,17-21H2,1-9H3;/b12-11+,25-10+,26-16+;/t22-,27-,28+,29+,30-,31+,32-,33+,36+,39-,40-;/m1./s1. The predicted octanol–water partition coefficient (Wildman–Crippen LogP) is 2.65. The minimum Gasteiger partial charge on any atom is -0.466 e. The Balaban J connectivity index is 0.00000291. The number of rotatable bonds is 4. The van der Waals surface area contributed by atoms with Gasteiger partial charge in [-0.25, -0.2) is 4.79 Å². The Bertz CT molecular complexity index is 1610. The summed E-state index contributed by atoms with van der Waals surface area (Å²) in [6, 6.07) is 0. The minimum absolute atomic E-state index is 0.0432. The molecule has 0 aromatic carbocycles. The molecule has 3 fully saturated rings. The third-order valence-corrected chi connectivity index (χ3v) is 11.4. The molecule has 11 atom stereocenters. The molecule has 4 rings (SSSR count). The highest BCUT2D eigenvalue weighted by Crippen LogP contribution is 2.50. The molecule has 0 unspecified atom stereocenters. The molecule has 0 amide bonds. The second-order valence-electron chi connectivity index (χ2n) is 16.6. The fourth-order valence-electron chi connectivity index (χ4n) is 8.00. The van der Waals surface area contributed by atoms with Crippen LogP contribution in [0.15, 0.2) is 35.5 Å². The van der Waals surface area contributed by atoms with E-state index >= 15 is 0 Å². The van der Waals surface area contributed by atoms with Gasteiger partial charge in [-0.3, -0.25) is 14.4 Å². The number of ether oxygens (including phenoxy) is 7.